The van der Waals surface area contributed by atoms with Crippen LogP contribution in [0, 0.1) is 0 Å². The predicted molar refractivity (Wildman–Crippen MR) is 113 cm³/mol. The Bertz CT molecular complexity index is 846. The van der Waals surface area contributed by atoms with Gasteiger partial charge in [-0.05, 0) is 43.8 Å². The maximum atomic E-state index is 5.91. The Morgan fingerprint density at radius 2 is 1.78 bits per heavy atom. The number of nitrogens with zero attached hydrogens (tertiary/aromatic N) is 3. The Labute approximate surface area is 169 Å². The van der Waals surface area contributed by atoms with Gasteiger partial charge < -0.3 is 9.64 Å². The van der Waals surface area contributed by atoms with Gasteiger partial charge in [0, 0.05) is 29.2 Å². The van der Waals surface area contributed by atoms with Crippen LogP contribution in [-0.2, 0) is 13.0 Å². The lowest BCUT2D eigenvalue weighted by atomic mass is 10.1. The van der Waals surface area contributed by atoms with Crippen molar-refractivity contribution in [3.63, 3.8) is 0 Å². The molecule has 3 rings (SSSR count). The summed E-state index contributed by atoms with van der Waals surface area (Å²) in [7, 11) is 4.15. The van der Waals surface area contributed by atoms with Crippen molar-refractivity contribution >= 4 is 15.9 Å². The smallest absolute Gasteiger partial charge is 0.233 e. The zero-order chi connectivity index (χ0) is 19.1. The summed E-state index contributed by atoms with van der Waals surface area (Å²) < 4.78 is 9.04. The van der Waals surface area contributed by atoms with Gasteiger partial charge in [-0.2, -0.15) is 0 Å². The minimum atomic E-state index is 0.677. The van der Waals surface area contributed by atoms with Crippen molar-refractivity contribution in [3.05, 3.63) is 82.0 Å². The highest BCUT2D eigenvalue weighted by Crippen LogP contribution is 2.19. The summed E-state index contributed by atoms with van der Waals surface area (Å²) in [5, 5.41) is 4.71. The third kappa shape index (κ3) is 6.22. The van der Waals surface area contributed by atoms with Gasteiger partial charge in [-0.3, -0.25) is 4.68 Å². The van der Waals surface area contributed by atoms with E-state index in [4.69, 9.17) is 9.84 Å². The van der Waals surface area contributed by atoms with E-state index in [0.717, 1.165) is 36.1 Å². The van der Waals surface area contributed by atoms with Gasteiger partial charge in [-0.1, -0.05) is 58.4 Å². The number of ether oxygens (including phenoxy) is 1. The van der Waals surface area contributed by atoms with E-state index in [9.17, 15) is 0 Å². The first-order valence-corrected chi connectivity index (χ1v) is 10.0. The monoisotopic (exact) mass is 427 g/mol. The SMILES string of the molecule is CN(C)CCCOc1cc(Cc2ccccc2)n(Cc2cccc(Br)c2)n1. The van der Waals surface area contributed by atoms with Crippen molar-refractivity contribution < 1.29 is 4.74 Å². The molecule has 0 aliphatic heterocycles. The molecule has 1 aromatic heterocycles. The van der Waals surface area contributed by atoms with Crippen LogP contribution >= 0.6 is 15.9 Å². The zero-order valence-corrected chi connectivity index (χ0v) is 17.5. The van der Waals surface area contributed by atoms with Crippen LogP contribution in [0.25, 0.3) is 0 Å². The Balaban J connectivity index is 1.76. The van der Waals surface area contributed by atoms with E-state index in [-0.39, 0.29) is 0 Å². The number of hydrogen-bond acceptors (Lipinski definition) is 3. The number of rotatable bonds is 9. The molecule has 0 amide bonds. The standard InChI is InChI=1S/C22H26BrN3O/c1-25(2)12-7-13-27-22-16-21(15-18-8-4-3-5-9-18)26(24-22)17-19-10-6-11-20(23)14-19/h3-6,8-11,14,16H,7,12-13,15,17H2,1-2H3. The quantitative estimate of drug-likeness (QED) is 0.466. The molecule has 0 spiro atoms. The number of aromatic nitrogens is 2. The van der Waals surface area contributed by atoms with Gasteiger partial charge in [-0.25, -0.2) is 0 Å². The van der Waals surface area contributed by atoms with Crippen molar-refractivity contribution in [2.24, 2.45) is 0 Å². The maximum Gasteiger partial charge on any atom is 0.233 e. The summed E-state index contributed by atoms with van der Waals surface area (Å²) >= 11 is 3.55. The Hall–Kier alpha value is -2.11. The second-order valence-electron chi connectivity index (χ2n) is 6.93. The number of benzene rings is 2. The summed E-state index contributed by atoms with van der Waals surface area (Å²) in [5.74, 6) is 0.703. The Kier molecular flexibility index (Phi) is 7.07. The molecule has 0 unspecified atom stereocenters. The molecule has 0 aliphatic rings. The molecule has 0 saturated heterocycles. The fraction of sp³-hybridized carbons (Fsp3) is 0.318. The molecule has 0 N–H and O–H groups in total. The van der Waals surface area contributed by atoms with Crippen LogP contribution < -0.4 is 4.74 Å². The molecule has 4 nitrogen and oxygen atoms in total. The van der Waals surface area contributed by atoms with Crippen molar-refractivity contribution in [2.75, 3.05) is 27.2 Å². The van der Waals surface area contributed by atoms with Crippen LogP contribution in [-0.4, -0.2) is 41.9 Å². The van der Waals surface area contributed by atoms with E-state index in [0.29, 0.717) is 12.5 Å². The van der Waals surface area contributed by atoms with E-state index in [1.807, 2.05) is 12.1 Å². The van der Waals surface area contributed by atoms with E-state index in [1.165, 1.54) is 11.1 Å². The fourth-order valence-corrected chi connectivity index (χ4v) is 3.40. The maximum absolute atomic E-state index is 5.91. The minimum Gasteiger partial charge on any atom is -0.477 e. The molecule has 0 bridgehead atoms. The van der Waals surface area contributed by atoms with Crippen LogP contribution in [0.4, 0.5) is 0 Å². The fourth-order valence-electron chi connectivity index (χ4n) is 2.95. The van der Waals surface area contributed by atoms with Gasteiger partial charge >= 0.3 is 0 Å². The summed E-state index contributed by atoms with van der Waals surface area (Å²) in [5.41, 5.74) is 3.64. The average molecular weight is 428 g/mol. The highest BCUT2D eigenvalue weighted by molar-refractivity contribution is 9.10. The first-order valence-electron chi connectivity index (χ1n) is 9.23. The number of hydrogen-bond donors (Lipinski definition) is 0. The Morgan fingerprint density at radius 1 is 1.00 bits per heavy atom. The first-order chi connectivity index (χ1) is 13.1. The second-order valence-corrected chi connectivity index (χ2v) is 7.84. The van der Waals surface area contributed by atoms with Gasteiger partial charge in [0.05, 0.1) is 13.2 Å². The average Bonchev–Trinajstić information content (AvgIpc) is 3.01. The lowest BCUT2D eigenvalue weighted by Gasteiger charge is -2.09. The molecule has 0 aliphatic carbocycles. The van der Waals surface area contributed by atoms with Crippen LogP contribution in [0.3, 0.4) is 0 Å². The number of halogens is 1. The molecule has 0 saturated carbocycles. The molecule has 0 fully saturated rings. The molecule has 142 valence electrons. The molecule has 1 heterocycles. The predicted octanol–water partition coefficient (Wildman–Crippen LogP) is 4.62. The van der Waals surface area contributed by atoms with E-state index >= 15 is 0 Å². The molecule has 2 aromatic carbocycles. The largest absolute Gasteiger partial charge is 0.477 e. The van der Waals surface area contributed by atoms with Crippen molar-refractivity contribution in [1.29, 1.82) is 0 Å². The molecular formula is C22H26BrN3O. The van der Waals surface area contributed by atoms with E-state index < -0.39 is 0 Å². The van der Waals surface area contributed by atoms with Gasteiger partial charge in [0.25, 0.3) is 0 Å². The van der Waals surface area contributed by atoms with Crippen LogP contribution in [0.5, 0.6) is 5.88 Å². The molecule has 3 aromatic rings. The topological polar surface area (TPSA) is 30.3 Å². The van der Waals surface area contributed by atoms with E-state index in [2.05, 4.69) is 88.1 Å². The lowest BCUT2D eigenvalue weighted by molar-refractivity contribution is 0.270. The lowest BCUT2D eigenvalue weighted by Crippen LogP contribution is -2.15. The highest BCUT2D eigenvalue weighted by Gasteiger charge is 2.11. The van der Waals surface area contributed by atoms with Gasteiger partial charge in [0.1, 0.15) is 0 Å². The second kappa shape index (κ2) is 9.72. The van der Waals surface area contributed by atoms with Crippen LogP contribution in [0.1, 0.15) is 23.2 Å². The first kappa shape index (κ1) is 19.6. The normalized spacial score (nSPS) is 11.1. The van der Waals surface area contributed by atoms with Gasteiger partial charge in [-0.15, -0.1) is 5.10 Å². The van der Waals surface area contributed by atoms with E-state index in [1.54, 1.807) is 0 Å². The summed E-state index contributed by atoms with van der Waals surface area (Å²) in [6.45, 7) is 2.41. The third-order valence-corrected chi connectivity index (χ3v) is 4.78. The highest BCUT2D eigenvalue weighted by atomic mass is 79.9. The van der Waals surface area contributed by atoms with Gasteiger partial charge in [0.2, 0.25) is 5.88 Å². The van der Waals surface area contributed by atoms with Crippen LogP contribution in [0.2, 0.25) is 0 Å². The van der Waals surface area contributed by atoms with Crippen molar-refractivity contribution in [2.45, 2.75) is 19.4 Å². The Morgan fingerprint density at radius 3 is 2.52 bits per heavy atom. The summed E-state index contributed by atoms with van der Waals surface area (Å²) in [6, 6.07) is 20.9. The molecule has 5 heteroatoms. The molecular weight excluding hydrogens is 402 g/mol. The summed E-state index contributed by atoms with van der Waals surface area (Å²) in [6.07, 6.45) is 1.82. The minimum absolute atomic E-state index is 0.677. The van der Waals surface area contributed by atoms with Crippen molar-refractivity contribution in [3.8, 4) is 5.88 Å². The summed E-state index contributed by atoms with van der Waals surface area (Å²) in [4.78, 5) is 2.16. The zero-order valence-electron chi connectivity index (χ0n) is 15.9. The van der Waals surface area contributed by atoms with Gasteiger partial charge in [0.15, 0.2) is 0 Å². The molecule has 0 radical (unpaired) electrons. The molecule has 27 heavy (non-hydrogen) atoms. The van der Waals surface area contributed by atoms with Crippen molar-refractivity contribution in [1.82, 2.24) is 14.7 Å². The molecule has 0 atom stereocenters. The third-order valence-electron chi connectivity index (χ3n) is 4.29. The van der Waals surface area contributed by atoms with Crippen LogP contribution in [0.15, 0.2) is 65.1 Å².